The van der Waals surface area contributed by atoms with Crippen molar-refractivity contribution in [3.8, 4) is 5.75 Å². The van der Waals surface area contributed by atoms with Gasteiger partial charge in [0.1, 0.15) is 12.4 Å². The Morgan fingerprint density at radius 3 is 2.90 bits per heavy atom. The molecule has 0 saturated heterocycles. The Balaban J connectivity index is 1.98. The van der Waals surface area contributed by atoms with E-state index in [1.54, 1.807) is 18.4 Å². The molecule has 0 aliphatic rings. The molecular formula is C16H21NO2S. The normalized spacial score (nSPS) is 10.7. The number of benzene rings is 1. The van der Waals surface area contributed by atoms with E-state index in [0.29, 0.717) is 6.61 Å². The molecule has 2 aromatic rings. The van der Waals surface area contributed by atoms with E-state index in [1.807, 2.05) is 0 Å². The lowest BCUT2D eigenvalue weighted by Crippen LogP contribution is -2.19. The lowest BCUT2D eigenvalue weighted by molar-refractivity contribution is 0.199. The Hall–Kier alpha value is -1.36. The van der Waals surface area contributed by atoms with E-state index in [0.717, 1.165) is 25.4 Å². The van der Waals surface area contributed by atoms with Crippen molar-refractivity contribution in [2.75, 3.05) is 20.3 Å². The molecule has 3 nitrogen and oxygen atoms in total. The maximum Gasteiger partial charge on any atom is 0.127 e. The summed E-state index contributed by atoms with van der Waals surface area (Å²) in [6, 6.07) is 8.36. The number of rotatable bonds is 8. The molecule has 20 heavy (non-hydrogen) atoms. The van der Waals surface area contributed by atoms with Crippen LogP contribution in [0.2, 0.25) is 0 Å². The molecule has 4 heteroatoms. The van der Waals surface area contributed by atoms with Crippen LogP contribution < -0.4 is 10.1 Å². The van der Waals surface area contributed by atoms with Crippen molar-refractivity contribution < 1.29 is 9.47 Å². The summed E-state index contributed by atoms with van der Waals surface area (Å²) in [5.41, 5.74) is 3.58. The molecule has 0 radical (unpaired) electrons. The number of hydrogen-bond donors (Lipinski definition) is 1. The van der Waals surface area contributed by atoms with Gasteiger partial charge in [-0.1, -0.05) is 18.2 Å². The number of para-hydroxylation sites is 1. The van der Waals surface area contributed by atoms with Crippen molar-refractivity contribution >= 4 is 11.3 Å². The fourth-order valence-electron chi connectivity index (χ4n) is 1.99. The zero-order chi connectivity index (χ0) is 14.2. The zero-order valence-corrected chi connectivity index (χ0v) is 12.8. The second-order valence-corrected chi connectivity index (χ2v) is 5.43. The molecule has 108 valence electrons. The third-order valence-electron chi connectivity index (χ3n) is 3.06. The van der Waals surface area contributed by atoms with Crippen LogP contribution in [-0.2, 0) is 17.9 Å². The maximum atomic E-state index is 6.00. The van der Waals surface area contributed by atoms with Gasteiger partial charge in [0.2, 0.25) is 0 Å². The first kappa shape index (κ1) is 15.0. The summed E-state index contributed by atoms with van der Waals surface area (Å²) in [7, 11) is 1.71. The van der Waals surface area contributed by atoms with Crippen LogP contribution in [0.1, 0.15) is 16.7 Å². The highest BCUT2D eigenvalue weighted by atomic mass is 32.1. The number of aryl methyl sites for hydroxylation is 1. The molecule has 0 atom stereocenters. The molecule has 0 unspecified atom stereocenters. The fourth-order valence-corrected chi connectivity index (χ4v) is 2.64. The molecule has 0 aliphatic carbocycles. The second-order valence-electron chi connectivity index (χ2n) is 4.65. The zero-order valence-electron chi connectivity index (χ0n) is 12.0. The van der Waals surface area contributed by atoms with Crippen molar-refractivity contribution in [1.82, 2.24) is 5.32 Å². The Morgan fingerprint density at radius 2 is 2.15 bits per heavy atom. The van der Waals surface area contributed by atoms with Crippen LogP contribution in [0.5, 0.6) is 5.75 Å². The fraction of sp³-hybridized carbons (Fsp3) is 0.375. The summed E-state index contributed by atoms with van der Waals surface area (Å²) >= 11 is 1.70. The lowest BCUT2D eigenvalue weighted by atomic mass is 10.1. The molecule has 0 bridgehead atoms. The molecule has 1 heterocycles. The first-order chi connectivity index (χ1) is 9.81. The van der Waals surface area contributed by atoms with E-state index in [2.05, 4.69) is 47.3 Å². The van der Waals surface area contributed by atoms with Gasteiger partial charge in [0.05, 0.1) is 6.61 Å². The van der Waals surface area contributed by atoms with Gasteiger partial charge in [0, 0.05) is 25.8 Å². The molecule has 1 N–H and O–H groups in total. The highest BCUT2D eigenvalue weighted by Crippen LogP contribution is 2.24. The standard InChI is InChI=1S/C16H21NO2S/c1-13-4-3-5-15(10-17-7-8-18-2)16(13)19-11-14-6-9-20-12-14/h3-6,9,12,17H,7-8,10-11H2,1-2H3. The van der Waals surface area contributed by atoms with Gasteiger partial charge in [-0.25, -0.2) is 0 Å². The molecule has 0 fully saturated rings. The quantitative estimate of drug-likeness (QED) is 0.756. The topological polar surface area (TPSA) is 30.5 Å². The Kier molecular flexibility index (Phi) is 6.05. The first-order valence-corrected chi connectivity index (χ1v) is 7.67. The largest absolute Gasteiger partial charge is 0.488 e. The summed E-state index contributed by atoms with van der Waals surface area (Å²) in [6.07, 6.45) is 0. The minimum absolute atomic E-state index is 0.624. The van der Waals surface area contributed by atoms with Crippen LogP contribution in [0.15, 0.2) is 35.0 Å². The Labute approximate surface area is 124 Å². The van der Waals surface area contributed by atoms with Crippen molar-refractivity contribution in [2.24, 2.45) is 0 Å². The van der Waals surface area contributed by atoms with Crippen LogP contribution >= 0.6 is 11.3 Å². The van der Waals surface area contributed by atoms with Crippen LogP contribution in [0.4, 0.5) is 0 Å². The van der Waals surface area contributed by atoms with Crippen molar-refractivity contribution in [1.29, 1.82) is 0 Å². The van der Waals surface area contributed by atoms with Gasteiger partial charge in [-0.2, -0.15) is 11.3 Å². The van der Waals surface area contributed by atoms with Crippen molar-refractivity contribution in [2.45, 2.75) is 20.1 Å². The monoisotopic (exact) mass is 291 g/mol. The summed E-state index contributed by atoms with van der Waals surface area (Å²) in [5.74, 6) is 0.989. The van der Waals surface area contributed by atoms with E-state index in [1.165, 1.54) is 16.7 Å². The summed E-state index contributed by atoms with van der Waals surface area (Å²) in [5, 5.41) is 7.55. The van der Waals surface area contributed by atoms with E-state index in [-0.39, 0.29) is 0 Å². The molecule has 1 aromatic carbocycles. The van der Waals surface area contributed by atoms with Gasteiger partial charge in [-0.15, -0.1) is 0 Å². The Morgan fingerprint density at radius 1 is 1.25 bits per heavy atom. The smallest absolute Gasteiger partial charge is 0.127 e. The maximum absolute atomic E-state index is 6.00. The van der Waals surface area contributed by atoms with Crippen molar-refractivity contribution in [3.05, 3.63) is 51.7 Å². The Bertz CT molecular complexity index is 511. The number of thiophene rings is 1. The molecule has 0 aliphatic heterocycles. The van der Waals surface area contributed by atoms with E-state index in [4.69, 9.17) is 9.47 Å². The average molecular weight is 291 g/mol. The van der Waals surface area contributed by atoms with Crippen LogP contribution in [-0.4, -0.2) is 20.3 Å². The van der Waals surface area contributed by atoms with E-state index >= 15 is 0 Å². The predicted octanol–water partition coefficient (Wildman–Crippen LogP) is 3.37. The summed E-state index contributed by atoms with van der Waals surface area (Å²) < 4.78 is 11.0. The van der Waals surface area contributed by atoms with Crippen LogP contribution in [0.25, 0.3) is 0 Å². The molecule has 1 aromatic heterocycles. The molecule has 0 amide bonds. The van der Waals surface area contributed by atoms with Gasteiger partial charge < -0.3 is 14.8 Å². The molecule has 0 spiro atoms. The molecule has 2 rings (SSSR count). The minimum atomic E-state index is 0.624. The summed E-state index contributed by atoms with van der Waals surface area (Å²) in [4.78, 5) is 0. The minimum Gasteiger partial charge on any atom is -0.488 e. The number of hydrogen-bond acceptors (Lipinski definition) is 4. The van der Waals surface area contributed by atoms with Crippen molar-refractivity contribution in [3.63, 3.8) is 0 Å². The number of nitrogens with one attached hydrogen (secondary N) is 1. The summed E-state index contributed by atoms with van der Waals surface area (Å²) in [6.45, 7) is 5.07. The van der Waals surface area contributed by atoms with E-state index in [9.17, 15) is 0 Å². The van der Waals surface area contributed by atoms with Crippen LogP contribution in [0, 0.1) is 6.92 Å². The van der Waals surface area contributed by atoms with Gasteiger partial charge >= 0.3 is 0 Å². The third-order valence-corrected chi connectivity index (χ3v) is 3.79. The third kappa shape index (κ3) is 4.34. The predicted molar refractivity (Wildman–Crippen MR) is 83.4 cm³/mol. The van der Waals surface area contributed by atoms with Gasteiger partial charge in [-0.05, 0) is 34.9 Å². The first-order valence-electron chi connectivity index (χ1n) is 6.73. The number of ether oxygens (including phenoxy) is 2. The SMILES string of the molecule is COCCNCc1cccc(C)c1OCc1ccsc1. The highest BCUT2D eigenvalue weighted by Gasteiger charge is 2.07. The second kappa shape index (κ2) is 8.04. The molecule has 0 saturated carbocycles. The lowest BCUT2D eigenvalue weighted by Gasteiger charge is -2.14. The highest BCUT2D eigenvalue weighted by molar-refractivity contribution is 7.07. The molecular weight excluding hydrogens is 270 g/mol. The number of methoxy groups -OCH3 is 1. The van der Waals surface area contributed by atoms with Gasteiger partial charge in [0.25, 0.3) is 0 Å². The average Bonchev–Trinajstić information content (AvgIpc) is 2.96. The van der Waals surface area contributed by atoms with Gasteiger partial charge in [-0.3, -0.25) is 0 Å². The van der Waals surface area contributed by atoms with E-state index < -0.39 is 0 Å². The van der Waals surface area contributed by atoms with Gasteiger partial charge in [0.15, 0.2) is 0 Å². The van der Waals surface area contributed by atoms with Crippen LogP contribution in [0.3, 0.4) is 0 Å².